The summed E-state index contributed by atoms with van der Waals surface area (Å²) >= 11 is 9.75. The molecule has 1 saturated carbocycles. The standard InChI is InChI=1S/C14H18BrCl/c15-13-6-4-5-12(9-13)10-14(11-16)7-2-1-3-8-14/h4-6,9H,1-3,7-8,10-11H2. The second-order valence-corrected chi connectivity index (χ2v) is 6.18. The Hall–Kier alpha value is -0.0100. The molecule has 88 valence electrons. The highest BCUT2D eigenvalue weighted by atomic mass is 79.9. The minimum absolute atomic E-state index is 0.362. The van der Waals surface area contributed by atoms with E-state index in [4.69, 9.17) is 11.6 Å². The van der Waals surface area contributed by atoms with Gasteiger partial charge in [-0.2, -0.15) is 0 Å². The highest BCUT2D eigenvalue weighted by molar-refractivity contribution is 9.10. The Morgan fingerprint density at radius 3 is 2.56 bits per heavy atom. The normalized spacial score (nSPS) is 19.6. The Labute approximate surface area is 112 Å². The summed E-state index contributed by atoms with van der Waals surface area (Å²) in [6.07, 6.45) is 7.81. The lowest BCUT2D eigenvalue weighted by molar-refractivity contribution is 0.219. The summed E-state index contributed by atoms with van der Waals surface area (Å²) in [5, 5.41) is 0. The number of hydrogen-bond acceptors (Lipinski definition) is 0. The van der Waals surface area contributed by atoms with Crippen LogP contribution < -0.4 is 0 Å². The van der Waals surface area contributed by atoms with E-state index < -0.39 is 0 Å². The summed E-state index contributed by atoms with van der Waals surface area (Å²) in [7, 11) is 0. The van der Waals surface area contributed by atoms with Gasteiger partial charge in [0.2, 0.25) is 0 Å². The van der Waals surface area contributed by atoms with E-state index in [-0.39, 0.29) is 0 Å². The van der Waals surface area contributed by atoms with Gasteiger partial charge in [-0.25, -0.2) is 0 Å². The number of rotatable bonds is 3. The Bertz CT molecular complexity index is 342. The minimum Gasteiger partial charge on any atom is -0.126 e. The third-order valence-electron chi connectivity index (χ3n) is 3.67. The smallest absolute Gasteiger partial charge is 0.0283 e. The van der Waals surface area contributed by atoms with Gasteiger partial charge >= 0.3 is 0 Å². The topological polar surface area (TPSA) is 0 Å². The van der Waals surface area contributed by atoms with Crippen LogP contribution in [-0.2, 0) is 6.42 Å². The van der Waals surface area contributed by atoms with E-state index in [1.165, 1.54) is 42.1 Å². The first kappa shape index (κ1) is 12.4. The summed E-state index contributed by atoms with van der Waals surface area (Å²) in [6.45, 7) is 0. The number of alkyl halides is 1. The van der Waals surface area contributed by atoms with Crippen LogP contribution in [0.4, 0.5) is 0 Å². The molecule has 0 aromatic heterocycles. The SMILES string of the molecule is ClCC1(Cc2cccc(Br)c2)CCCCC1. The third-order valence-corrected chi connectivity index (χ3v) is 4.73. The molecule has 0 radical (unpaired) electrons. The molecule has 0 unspecified atom stereocenters. The van der Waals surface area contributed by atoms with Crippen molar-refractivity contribution < 1.29 is 0 Å². The first-order valence-electron chi connectivity index (χ1n) is 6.05. The molecule has 0 bridgehead atoms. The molecule has 1 aliphatic rings. The van der Waals surface area contributed by atoms with Crippen LogP contribution in [0.3, 0.4) is 0 Å². The van der Waals surface area contributed by atoms with E-state index in [1.54, 1.807) is 0 Å². The summed E-state index contributed by atoms with van der Waals surface area (Å²) in [6, 6.07) is 8.64. The molecule has 0 atom stereocenters. The van der Waals surface area contributed by atoms with Gasteiger partial charge in [-0.1, -0.05) is 47.3 Å². The number of hydrogen-bond donors (Lipinski definition) is 0. The first-order valence-corrected chi connectivity index (χ1v) is 7.37. The van der Waals surface area contributed by atoms with Gasteiger partial charge in [-0.3, -0.25) is 0 Å². The van der Waals surface area contributed by atoms with Gasteiger partial charge in [0.15, 0.2) is 0 Å². The van der Waals surface area contributed by atoms with Crippen molar-refractivity contribution in [3.05, 3.63) is 34.3 Å². The average Bonchev–Trinajstić information content (AvgIpc) is 2.30. The van der Waals surface area contributed by atoms with Crippen LogP contribution in [0.1, 0.15) is 37.7 Å². The van der Waals surface area contributed by atoms with E-state index in [9.17, 15) is 0 Å². The fourth-order valence-electron chi connectivity index (χ4n) is 2.74. The maximum atomic E-state index is 6.22. The summed E-state index contributed by atoms with van der Waals surface area (Å²) in [4.78, 5) is 0. The lowest BCUT2D eigenvalue weighted by atomic mass is 9.72. The Morgan fingerprint density at radius 1 is 1.19 bits per heavy atom. The van der Waals surface area contributed by atoms with Crippen LogP contribution in [0, 0.1) is 5.41 Å². The van der Waals surface area contributed by atoms with Crippen molar-refractivity contribution in [1.82, 2.24) is 0 Å². The molecule has 0 spiro atoms. The molecule has 16 heavy (non-hydrogen) atoms. The maximum absolute atomic E-state index is 6.22. The van der Waals surface area contributed by atoms with E-state index in [0.29, 0.717) is 5.41 Å². The lowest BCUT2D eigenvalue weighted by Gasteiger charge is -2.35. The van der Waals surface area contributed by atoms with Gasteiger partial charge in [0, 0.05) is 10.4 Å². The Morgan fingerprint density at radius 2 is 1.94 bits per heavy atom. The number of benzene rings is 1. The van der Waals surface area contributed by atoms with E-state index >= 15 is 0 Å². The van der Waals surface area contributed by atoms with Crippen LogP contribution >= 0.6 is 27.5 Å². The van der Waals surface area contributed by atoms with Gasteiger partial charge in [-0.05, 0) is 42.4 Å². The van der Waals surface area contributed by atoms with Crippen molar-refractivity contribution >= 4 is 27.5 Å². The molecule has 0 amide bonds. The molecule has 1 fully saturated rings. The molecule has 0 heterocycles. The zero-order valence-corrected chi connectivity index (χ0v) is 11.9. The predicted molar refractivity (Wildman–Crippen MR) is 74.1 cm³/mol. The summed E-state index contributed by atoms with van der Waals surface area (Å²) in [5.41, 5.74) is 1.78. The fraction of sp³-hybridized carbons (Fsp3) is 0.571. The summed E-state index contributed by atoms with van der Waals surface area (Å²) in [5.74, 6) is 0.805. The molecule has 1 aromatic carbocycles. The maximum Gasteiger partial charge on any atom is 0.0283 e. The second kappa shape index (κ2) is 5.55. The number of halogens is 2. The van der Waals surface area contributed by atoms with E-state index in [1.807, 2.05) is 0 Å². The molecule has 1 aliphatic carbocycles. The van der Waals surface area contributed by atoms with Crippen LogP contribution in [0.5, 0.6) is 0 Å². The van der Waals surface area contributed by atoms with Gasteiger partial charge < -0.3 is 0 Å². The Kier molecular flexibility index (Phi) is 4.32. The quantitative estimate of drug-likeness (QED) is 0.675. The minimum atomic E-state index is 0.362. The molecular weight excluding hydrogens is 284 g/mol. The molecule has 2 rings (SSSR count). The van der Waals surface area contributed by atoms with Gasteiger partial charge in [0.25, 0.3) is 0 Å². The fourth-order valence-corrected chi connectivity index (χ4v) is 3.55. The van der Waals surface area contributed by atoms with Crippen LogP contribution in [0.25, 0.3) is 0 Å². The molecule has 0 saturated heterocycles. The molecule has 0 aliphatic heterocycles. The van der Waals surface area contributed by atoms with Gasteiger partial charge in [0.05, 0.1) is 0 Å². The molecule has 0 nitrogen and oxygen atoms in total. The van der Waals surface area contributed by atoms with E-state index in [0.717, 1.165) is 12.3 Å². The molecule has 0 N–H and O–H groups in total. The summed E-state index contributed by atoms with van der Waals surface area (Å²) < 4.78 is 1.17. The molecule has 1 aromatic rings. The Balaban J connectivity index is 2.11. The zero-order chi connectivity index (χ0) is 11.4. The van der Waals surface area contributed by atoms with Gasteiger partial charge in [0.1, 0.15) is 0 Å². The zero-order valence-electron chi connectivity index (χ0n) is 9.52. The monoisotopic (exact) mass is 300 g/mol. The van der Waals surface area contributed by atoms with Crippen LogP contribution in [0.15, 0.2) is 28.7 Å². The van der Waals surface area contributed by atoms with E-state index in [2.05, 4.69) is 40.2 Å². The van der Waals surface area contributed by atoms with Crippen molar-refractivity contribution in [1.29, 1.82) is 0 Å². The highest BCUT2D eigenvalue weighted by Gasteiger charge is 2.31. The van der Waals surface area contributed by atoms with Crippen LogP contribution in [-0.4, -0.2) is 5.88 Å². The van der Waals surface area contributed by atoms with Crippen molar-refractivity contribution in [3.63, 3.8) is 0 Å². The van der Waals surface area contributed by atoms with Crippen molar-refractivity contribution in [3.8, 4) is 0 Å². The average molecular weight is 302 g/mol. The third kappa shape index (κ3) is 3.01. The van der Waals surface area contributed by atoms with Crippen molar-refractivity contribution in [2.24, 2.45) is 5.41 Å². The van der Waals surface area contributed by atoms with Crippen molar-refractivity contribution in [2.45, 2.75) is 38.5 Å². The molecular formula is C14H18BrCl. The van der Waals surface area contributed by atoms with Crippen molar-refractivity contribution in [2.75, 3.05) is 5.88 Å². The first-order chi connectivity index (χ1) is 7.74. The lowest BCUT2D eigenvalue weighted by Crippen LogP contribution is -2.28. The molecule has 2 heteroatoms. The van der Waals surface area contributed by atoms with Crippen LogP contribution in [0.2, 0.25) is 0 Å². The second-order valence-electron chi connectivity index (χ2n) is 5.00. The predicted octanol–water partition coefficient (Wildman–Crippen LogP) is 5.18. The van der Waals surface area contributed by atoms with Gasteiger partial charge in [-0.15, -0.1) is 11.6 Å². The highest BCUT2D eigenvalue weighted by Crippen LogP contribution is 2.40. The largest absolute Gasteiger partial charge is 0.126 e.